The minimum absolute atomic E-state index is 0.0814. The molecular weight excluding hydrogens is 408 g/mol. The van der Waals surface area contributed by atoms with Crippen molar-refractivity contribution in [3.8, 4) is 0 Å². The molecule has 0 spiro atoms. The van der Waals surface area contributed by atoms with E-state index < -0.39 is 5.92 Å². The highest BCUT2D eigenvalue weighted by Crippen LogP contribution is 2.45. The largest absolute Gasteiger partial charge is 0.298 e. The van der Waals surface area contributed by atoms with Gasteiger partial charge in [0.2, 0.25) is 0 Å². The zero-order chi connectivity index (χ0) is 23.7. The summed E-state index contributed by atoms with van der Waals surface area (Å²) in [7, 11) is 0. The number of Topliss-reactive ketones (excluding diaryl/α,β-unsaturated/α-hetero) is 3. The zero-order valence-electron chi connectivity index (χ0n) is 19.7. The summed E-state index contributed by atoms with van der Waals surface area (Å²) in [5.74, 6) is -1.60. The Balaban J connectivity index is 1.60. The Kier molecular flexibility index (Phi) is 6.42. The van der Waals surface area contributed by atoms with Crippen LogP contribution in [-0.4, -0.2) is 17.3 Å². The molecule has 2 aromatic carbocycles. The van der Waals surface area contributed by atoms with Crippen molar-refractivity contribution in [2.24, 2.45) is 11.8 Å². The Hall–Kier alpha value is -3.33. The van der Waals surface area contributed by atoms with Gasteiger partial charge in [0, 0.05) is 18.3 Å². The SMILES string of the molecule is CC1=C(C(=O)CCC2=CC=C(c3ccccc3)C2c2ccccc2C)C(=O)C(C)C(=O)C1C. The van der Waals surface area contributed by atoms with Gasteiger partial charge in [0.25, 0.3) is 0 Å². The molecule has 0 N–H and O–H groups in total. The Morgan fingerprint density at radius 1 is 0.848 bits per heavy atom. The van der Waals surface area contributed by atoms with Gasteiger partial charge in [-0.25, -0.2) is 0 Å². The fraction of sp³-hybridized carbons (Fsp3) is 0.300. The second kappa shape index (κ2) is 9.27. The Morgan fingerprint density at radius 3 is 2.21 bits per heavy atom. The Labute approximate surface area is 195 Å². The fourth-order valence-corrected chi connectivity index (χ4v) is 5.07. The maximum atomic E-state index is 13.2. The summed E-state index contributed by atoms with van der Waals surface area (Å²) in [6.45, 7) is 7.27. The topological polar surface area (TPSA) is 51.2 Å². The van der Waals surface area contributed by atoms with E-state index in [4.69, 9.17) is 0 Å². The van der Waals surface area contributed by atoms with Gasteiger partial charge in [-0.2, -0.15) is 0 Å². The highest BCUT2D eigenvalue weighted by atomic mass is 16.2. The molecule has 2 aromatic rings. The Morgan fingerprint density at radius 2 is 1.52 bits per heavy atom. The summed E-state index contributed by atoms with van der Waals surface area (Å²) in [4.78, 5) is 38.3. The number of carbonyl (C=O) groups is 3. The van der Waals surface area contributed by atoms with E-state index in [9.17, 15) is 14.4 Å². The molecular formula is C30H30O3. The van der Waals surface area contributed by atoms with Gasteiger partial charge in [-0.1, -0.05) is 79.2 Å². The molecule has 0 aromatic heterocycles. The van der Waals surface area contributed by atoms with Gasteiger partial charge in [-0.05, 0) is 55.0 Å². The van der Waals surface area contributed by atoms with Crippen molar-refractivity contribution in [3.05, 3.63) is 100 Å². The molecule has 2 aliphatic rings. The van der Waals surface area contributed by atoms with E-state index >= 15 is 0 Å². The minimum Gasteiger partial charge on any atom is -0.298 e. The van der Waals surface area contributed by atoms with Crippen LogP contribution in [0.4, 0.5) is 0 Å². The molecule has 3 heteroatoms. The second-order valence-electron chi connectivity index (χ2n) is 9.21. The standard InChI is InChI=1S/C30H30O3/c1-18-10-8-9-13-24(18)28-23(14-16-25(28)22-11-6-5-7-12-22)15-17-26(31)27-19(2)20(3)29(32)21(4)30(27)33/h5-14,16,20-21,28H,15,17H2,1-4H3. The molecule has 0 amide bonds. The van der Waals surface area contributed by atoms with Crippen molar-refractivity contribution in [2.75, 3.05) is 0 Å². The Bertz CT molecular complexity index is 1210. The van der Waals surface area contributed by atoms with Gasteiger partial charge in [-0.15, -0.1) is 0 Å². The molecule has 0 fully saturated rings. The maximum absolute atomic E-state index is 13.2. The van der Waals surface area contributed by atoms with Crippen molar-refractivity contribution in [1.82, 2.24) is 0 Å². The molecule has 0 radical (unpaired) electrons. The van der Waals surface area contributed by atoms with Gasteiger partial charge in [0.05, 0.1) is 11.5 Å². The highest BCUT2D eigenvalue weighted by Gasteiger charge is 2.39. The van der Waals surface area contributed by atoms with Crippen LogP contribution in [0, 0.1) is 18.8 Å². The highest BCUT2D eigenvalue weighted by molar-refractivity contribution is 6.28. The van der Waals surface area contributed by atoms with Crippen molar-refractivity contribution in [3.63, 3.8) is 0 Å². The molecule has 168 valence electrons. The lowest BCUT2D eigenvalue weighted by atomic mass is 9.75. The second-order valence-corrected chi connectivity index (χ2v) is 9.21. The molecule has 4 rings (SSSR count). The van der Waals surface area contributed by atoms with Crippen LogP contribution >= 0.6 is 0 Å². The maximum Gasteiger partial charge on any atom is 0.176 e. The van der Waals surface area contributed by atoms with E-state index in [2.05, 4.69) is 49.4 Å². The van der Waals surface area contributed by atoms with Crippen molar-refractivity contribution >= 4 is 22.9 Å². The summed E-state index contributed by atoms with van der Waals surface area (Å²) in [5.41, 5.74) is 6.89. The third kappa shape index (κ3) is 4.20. The first-order valence-corrected chi connectivity index (χ1v) is 11.6. The average Bonchev–Trinajstić information content (AvgIpc) is 3.25. The van der Waals surface area contributed by atoms with Crippen LogP contribution in [-0.2, 0) is 14.4 Å². The average molecular weight is 439 g/mol. The number of carbonyl (C=O) groups excluding carboxylic acids is 3. The van der Waals surface area contributed by atoms with Gasteiger partial charge < -0.3 is 0 Å². The van der Waals surface area contributed by atoms with Gasteiger partial charge >= 0.3 is 0 Å². The first-order valence-electron chi connectivity index (χ1n) is 11.6. The number of rotatable bonds is 6. The predicted octanol–water partition coefficient (Wildman–Crippen LogP) is 6.19. The monoisotopic (exact) mass is 438 g/mol. The van der Waals surface area contributed by atoms with E-state index in [-0.39, 0.29) is 41.2 Å². The molecule has 0 aliphatic heterocycles. The summed E-state index contributed by atoms with van der Waals surface area (Å²) < 4.78 is 0. The lowest BCUT2D eigenvalue weighted by Crippen LogP contribution is -2.36. The number of hydrogen-bond acceptors (Lipinski definition) is 3. The summed E-state index contributed by atoms with van der Waals surface area (Å²) in [5, 5.41) is 0. The molecule has 3 nitrogen and oxygen atoms in total. The van der Waals surface area contributed by atoms with Gasteiger partial charge in [-0.3, -0.25) is 14.4 Å². The van der Waals surface area contributed by atoms with Crippen molar-refractivity contribution in [1.29, 1.82) is 0 Å². The van der Waals surface area contributed by atoms with Crippen LogP contribution < -0.4 is 0 Å². The van der Waals surface area contributed by atoms with E-state index in [1.807, 2.05) is 24.3 Å². The quantitative estimate of drug-likeness (QED) is 0.399. The number of hydrogen-bond donors (Lipinski definition) is 0. The zero-order valence-corrected chi connectivity index (χ0v) is 19.7. The summed E-state index contributed by atoms with van der Waals surface area (Å²) in [6.07, 6.45) is 5.12. The van der Waals surface area contributed by atoms with Crippen LogP contribution in [0.15, 0.2) is 83.5 Å². The molecule has 0 saturated heterocycles. The molecule has 33 heavy (non-hydrogen) atoms. The van der Waals surface area contributed by atoms with Crippen LogP contribution in [0.3, 0.4) is 0 Å². The van der Waals surface area contributed by atoms with E-state index in [1.165, 1.54) is 27.8 Å². The molecule has 2 aliphatic carbocycles. The van der Waals surface area contributed by atoms with Crippen LogP contribution in [0.1, 0.15) is 56.2 Å². The molecule has 3 unspecified atom stereocenters. The summed E-state index contributed by atoms with van der Waals surface area (Å²) >= 11 is 0. The third-order valence-corrected chi connectivity index (χ3v) is 7.22. The molecule has 0 bridgehead atoms. The van der Waals surface area contributed by atoms with E-state index in [0.717, 1.165) is 0 Å². The predicted molar refractivity (Wildman–Crippen MR) is 132 cm³/mol. The number of aryl methyl sites for hydroxylation is 1. The lowest BCUT2D eigenvalue weighted by molar-refractivity contribution is -0.133. The lowest BCUT2D eigenvalue weighted by Gasteiger charge is -2.26. The number of ketones is 3. The van der Waals surface area contributed by atoms with Crippen molar-refractivity contribution < 1.29 is 14.4 Å². The van der Waals surface area contributed by atoms with Gasteiger partial charge in [0.1, 0.15) is 5.78 Å². The van der Waals surface area contributed by atoms with Crippen LogP contribution in [0.5, 0.6) is 0 Å². The van der Waals surface area contributed by atoms with Gasteiger partial charge in [0.15, 0.2) is 11.6 Å². The normalized spacial score (nSPS) is 23.0. The molecule has 0 saturated carbocycles. The first-order chi connectivity index (χ1) is 15.8. The van der Waals surface area contributed by atoms with Crippen LogP contribution in [0.25, 0.3) is 5.57 Å². The molecule has 3 atom stereocenters. The minimum atomic E-state index is -0.737. The third-order valence-electron chi connectivity index (χ3n) is 7.22. The number of benzene rings is 2. The first kappa shape index (κ1) is 22.8. The van der Waals surface area contributed by atoms with Crippen LogP contribution in [0.2, 0.25) is 0 Å². The fourth-order valence-electron chi connectivity index (χ4n) is 5.07. The smallest absolute Gasteiger partial charge is 0.176 e. The van der Waals surface area contributed by atoms with Crippen molar-refractivity contribution in [2.45, 2.75) is 46.5 Å². The molecule has 0 heterocycles. The summed E-state index contributed by atoms with van der Waals surface area (Å²) in [6, 6.07) is 18.7. The van der Waals surface area contributed by atoms with E-state index in [1.54, 1.807) is 20.8 Å². The number of allylic oxidation sites excluding steroid dienone is 6. The van der Waals surface area contributed by atoms with E-state index in [0.29, 0.717) is 12.0 Å².